The number of ether oxygens (including phenoxy) is 1. The zero-order valence-corrected chi connectivity index (χ0v) is 8.97. The Balaban J connectivity index is 1.75. The summed E-state index contributed by atoms with van der Waals surface area (Å²) in [5.41, 5.74) is 0.337. The van der Waals surface area contributed by atoms with Gasteiger partial charge in [0.05, 0.1) is 6.10 Å². The molecule has 2 atom stereocenters. The van der Waals surface area contributed by atoms with Gasteiger partial charge in [0.2, 0.25) is 0 Å². The number of hydrogen-bond donors (Lipinski definition) is 1. The topological polar surface area (TPSA) is 21.3 Å². The second-order valence-electron chi connectivity index (χ2n) is 5.16. The average Bonchev–Trinajstić information content (AvgIpc) is 2.86. The van der Waals surface area contributed by atoms with Gasteiger partial charge in [0.1, 0.15) is 0 Å². The molecule has 2 aliphatic carbocycles. The zero-order valence-electron chi connectivity index (χ0n) is 8.97. The van der Waals surface area contributed by atoms with E-state index in [9.17, 15) is 0 Å². The molecule has 0 heterocycles. The fraction of sp³-hybridized carbons (Fsp3) is 1.00. The van der Waals surface area contributed by atoms with Crippen molar-refractivity contribution in [3.8, 4) is 0 Å². The Morgan fingerprint density at radius 3 is 2.54 bits per heavy atom. The summed E-state index contributed by atoms with van der Waals surface area (Å²) in [6.07, 6.45) is 4.46. The standard InChI is InChI=1S/C11H21NO/c1-11(2)9(12-3)6-10(11)13-7-8-4-5-8/h8-10,12H,4-7H2,1-3H3. The normalized spacial score (nSPS) is 37.2. The van der Waals surface area contributed by atoms with Crippen LogP contribution in [0, 0.1) is 11.3 Å². The lowest BCUT2D eigenvalue weighted by Gasteiger charge is -2.51. The fourth-order valence-corrected chi connectivity index (χ4v) is 2.19. The summed E-state index contributed by atoms with van der Waals surface area (Å²) in [5.74, 6) is 0.893. The van der Waals surface area contributed by atoms with Crippen molar-refractivity contribution in [3.05, 3.63) is 0 Å². The molecular formula is C11H21NO. The van der Waals surface area contributed by atoms with Crippen molar-refractivity contribution in [2.45, 2.75) is 45.3 Å². The first-order valence-corrected chi connectivity index (χ1v) is 5.43. The summed E-state index contributed by atoms with van der Waals surface area (Å²) in [6, 6.07) is 0.650. The van der Waals surface area contributed by atoms with Crippen LogP contribution < -0.4 is 5.32 Å². The Hall–Kier alpha value is -0.0800. The molecule has 1 N–H and O–H groups in total. The van der Waals surface area contributed by atoms with Gasteiger partial charge >= 0.3 is 0 Å². The van der Waals surface area contributed by atoms with E-state index in [2.05, 4.69) is 19.2 Å². The van der Waals surface area contributed by atoms with Gasteiger partial charge in [-0.1, -0.05) is 13.8 Å². The Bertz CT molecular complexity index is 187. The first-order chi connectivity index (χ1) is 6.14. The molecule has 0 aromatic heterocycles. The first kappa shape index (κ1) is 9.47. The van der Waals surface area contributed by atoms with Crippen LogP contribution in [0.4, 0.5) is 0 Å². The summed E-state index contributed by atoms with van der Waals surface area (Å²) in [4.78, 5) is 0. The van der Waals surface area contributed by atoms with E-state index in [4.69, 9.17) is 4.74 Å². The second kappa shape index (κ2) is 3.25. The first-order valence-electron chi connectivity index (χ1n) is 5.43. The quantitative estimate of drug-likeness (QED) is 0.717. The van der Waals surface area contributed by atoms with Crippen LogP contribution in [0.15, 0.2) is 0 Å². The minimum Gasteiger partial charge on any atom is -0.377 e. The molecule has 0 radical (unpaired) electrons. The monoisotopic (exact) mass is 183 g/mol. The molecule has 0 spiro atoms. The SMILES string of the molecule is CNC1CC(OCC2CC2)C1(C)C. The van der Waals surface area contributed by atoms with Crippen LogP contribution >= 0.6 is 0 Å². The maximum Gasteiger partial charge on any atom is 0.0656 e. The second-order valence-corrected chi connectivity index (χ2v) is 5.16. The van der Waals surface area contributed by atoms with Crippen molar-refractivity contribution < 1.29 is 4.74 Å². The zero-order chi connectivity index (χ0) is 9.47. The van der Waals surface area contributed by atoms with Crippen molar-refractivity contribution in [2.75, 3.05) is 13.7 Å². The van der Waals surface area contributed by atoms with Gasteiger partial charge in [-0.15, -0.1) is 0 Å². The van der Waals surface area contributed by atoms with Crippen LogP contribution in [0.2, 0.25) is 0 Å². The van der Waals surface area contributed by atoms with E-state index in [1.165, 1.54) is 19.3 Å². The molecule has 76 valence electrons. The van der Waals surface area contributed by atoms with Gasteiger partial charge in [-0.25, -0.2) is 0 Å². The highest BCUT2D eigenvalue weighted by Gasteiger charge is 2.48. The largest absolute Gasteiger partial charge is 0.377 e. The Morgan fingerprint density at radius 1 is 1.38 bits per heavy atom. The van der Waals surface area contributed by atoms with Crippen LogP contribution in [0.3, 0.4) is 0 Å². The summed E-state index contributed by atoms with van der Waals surface area (Å²) in [7, 11) is 2.05. The number of nitrogens with one attached hydrogen (secondary N) is 1. The minimum absolute atomic E-state index is 0.337. The molecule has 2 rings (SSSR count). The molecule has 2 saturated carbocycles. The van der Waals surface area contributed by atoms with Crippen molar-refractivity contribution in [2.24, 2.45) is 11.3 Å². The van der Waals surface area contributed by atoms with Crippen molar-refractivity contribution >= 4 is 0 Å². The van der Waals surface area contributed by atoms with E-state index in [0.717, 1.165) is 12.5 Å². The molecular weight excluding hydrogens is 162 g/mol. The molecule has 2 nitrogen and oxygen atoms in total. The number of rotatable bonds is 4. The van der Waals surface area contributed by atoms with E-state index in [0.29, 0.717) is 17.6 Å². The molecule has 0 saturated heterocycles. The molecule has 0 bridgehead atoms. The average molecular weight is 183 g/mol. The Labute approximate surface area is 81.0 Å². The van der Waals surface area contributed by atoms with Crippen LogP contribution in [0.5, 0.6) is 0 Å². The van der Waals surface area contributed by atoms with Gasteiger partial charge in [-0.2, -0.15) is 0 Å². The molecule has 2 unspecified atom stereocenters. The predicted octanol–water partition coefficient (Wildman–Crippen LogP) is 1.80. The van der Waals surface area contributed by atoms with Crippen LogP contribution in [-0.4, -0.2) is 25.8 Å². The molecule has 0 aliphatic heterocycles. The van der Waals surface area contributed by atoms with Crippen molar-refractivity contribution in [3.63, 3.8) is 0 Å². The van der Waals surface area contributed by atoms with Crippen molar-refractivity contribution in [1.29, 1.82) is 0 Å². The lowest BCUT2D eigenvalue weighted by molar-refractivity contribution is -0.118. The molecule has 0 aromatic rings. The smallest absolute Gasteiger partial charge is 0.0656 e. The van der Waals surface area contributed by atoms with Crippen molar-refractivity contribution in [1.82, 2.24) is 5.32 Å². The van der Waals surface area contributed by atoms with Crippen LogP contribution in [-0.2, 0) is 4.74 Å². The predicted molar refractivity (Wildman–Crippen MR) is 53.7 cm³/mol. The molecule has 0 aromatic carbocycles. The van der Waals surface area contributed by atoms with Gasteiger partial charge in [0.25, 0.3) is 0 Å². The van der Waals surface area contributed by atoms with E-state index in [1.54, 1.807) is 0 Å². The minimum atomic E-state index is 0.337. The van der Waals surface area contributed by atoms with E-state index in [-0.39, 0.29) is 0 Å². The maximum atomic E-state index is 5.91. The van der Waals surface area contributed by atoms with Gasteiger partial charge in [-0.05, 0) is 32.2 Å². The molecule has 2 heteroatoms. The van der Waals surface area contributed by atoms with Crippen LogP contribution in [0.1, 0.15) is 33.1 Å². The lowest BCUT2D eigenvalue weighted by atomic mass is 9.64. The molecule has 0 amide bonds. The molecule has 2 fully saturated rings. The van der Waals surface area contributed by atoms with Gasteiger partial charge in [0.15, 0.2) is 0 Å². The van der Waals surface area contributed by atoms with E-state index >= 15 is 0 Å². The highest BCUT2D eigenvalue weighted by atomic mass is 16.5. The highest BCUT2D eigenvalue weighted by Crippen LogP contribution is 2.43. The Morgan fingerprint density at radius 2 is 2.08 bits per heavy atom. The van der Waals surface area contributed by atoms with E-state index < -0.39 is 0 Å². The van der Waals surface area contributed by atoms with Gasteiger partial charge in [-0.3, -0.25) is 0 Å². The highest BCUT2D eigenvalue weighted by molar-refractivity contribution is 5.02. The third-order valence-electron chi connectivity index (χ3n) is 3.76. The van der Waals surface area contributed by atoms with E-state index in [1.807, 2.05) is 7.05 Å². The third-order valence-corrected chi connectivity index (χ3v) is 3.76. The third kappa shape index (κ3) is 1.75. The van der Waals surface area contributed by atoms with Gasteiger partial charge < -0.3 is 10.1 Å². The summed E-state index contributed by atoms with van der Waals surface area (Å²) < 4.78 is 5.91. The Kier molecular flexibility index (Phi) is 2.37. The van der Waals surface area contributed by atoms with Gasteiger partial charge in [0, 0.05) is 18.1 Å². The summed E-state index contributed by atoms with van der Waals surface area (Å²) in [5, 5.41) is 3.34. The number of hydrogen-bond acceptors (Lipinski definition) is 2. The summed E-state index contributed by atoms with van der Waals surface area (Å²) >= 11 is 0. The summed E-state index contributed by atoms with van der Waals surface area (Å²) in [6.45, 7) is 5.61. The van der Waals surface area contributed by atoms with Crippen LogP contribution in [0.25, 0.3) is 0 Å². The lowest BCUT2D eigenvalue weighted by Crippen LogP contribution is -2.60. The molecule has 13 heavy (non-hydrogen) atoms. The molecule has 2 aliphatic rings. The maximum absolute atomic E-state index is 5.91. The fourth-order valence-electron chi connectivity index (χ4n) is 2.19.